The molecule has 0 aliphatic carbocycles. The fourth-order valence-electron chi connectivity index (χ4n) is 3.23. The summed E-state index contributed by atoms with van der Waals surface area (Å²) in [5.74, 6) is -0.685. The van der Waals surface area contributed by atoms with E-state index in [1.165, 1.54) is 22.5 Å². The lowest BCUT2D eigenvalue weighted by atomic mass is 10.1. The Kier molecular flexibility index (Phi) is 3.31. The minimum Gasteiger partial charge on any atom is -0.207 e. The van der Waals surface area contributed by atoms with Crippen LogP contribution < -0.4 is 0 Å². The maximum Gasteiger partial charge on any atom is 0.246 e. The molecule has 2 atom stereocenters. The van der Waals surface area contributed by atoms with Gasteiger partial charge in [0, 0.05) is 17.5 Å². The number of piperidine rings is 1. The molecule has 0 saturated carbocycles. The topological polar surface area (TPSA) is 37.4 Å². The van der Waals surface area contributed by atoms with E-state index in [2.05, 4.69) is 0 Å². The van der Waals surface area contributed by atoms with Crippen LogP contribution in [0.25, 0.3) is 0 Å². The van der Waals surface area contributed by atoms with Crippen LogP contribution in [-0.4, -0.2) is 30.2 Å². The molecular weight excluding hydrogens is 289 g/mol. The Morgan fingerprint density at radius 1 is 1.16 bits per heavy atom. The molecule has 6 heteroatoms. The lowest BCUT2D eigenvalue weighted by molar-refractivity contribution is 0.250. The van der Waals surface area contributed by atoms with Crippen molar-refractivity contribution in [2.45, 2.75) is 48.0 Å². The fourth-order valence-corrected chi connectivity index (χ4v) is 5.60. The molecule has 3 rings (SSSR count). The lowest BCUT2D eigenvalue weighted by Crippen LogP contribution is -2.47. The number of benzene rings is 1. The number of alkyl halides is 1. The van der Waals surface area contributed by atoms with Gasteiger partial charge >= 0.3 is 0 Å². The number of hydrogen-bond donors (Lipinski definition) is 0. The average molecular weight is 304 g/mol. The Bertz CT molecular complexity index is 578. The van der Waals surface area contributed by atoms with Gasteiger partial charge in [0.15, 0.2) is 0 Å². The number of halogens is 2. The molecule has 2 saturated heterocycles. The smallest absolute Gasteiger partial charge is 0.207 e. The van der Waals surface area contributed by atoms with E-state index in [0.29, 0.717) is 12.8 Å². The molecule has 2 heterocycles. The molecule has 2 aliphatic heterocycles. The Hall–Kier alpha value is -0.650. The van der Waals surface area contributed by atoms with Crippen LogP contribution in [0.5, 0.6) is 0 Å². The molecule has 104 valence electrons. The molecule has 3 nitrogen and oxygen atoms in total. The first-order valence-corrected chi connectivity index (χ1v) is 8.30. The molecule has 1 aromatic carbocycles. The third-order valence-corrected chi connectivity index (χ3v) is 6.40. The van der Waals surface area contributed by atoms with Gasteiger partial charge in [0.25, 0.3) is 0 Å². The van der Waals surface area contributed by atoms with E-state index >= 15 is 0 Å². The highest BCUT2D eigenvalue weighted by Crippen LogP contribution is 2.41. The van der Waals surface area contributed by atoms with Crippen molar-refractivity contribution in [1.82, 2.24) is 4.31 Å². The summed E-state index contributed by atoms with van der Waals surface area (Å²) < 4.78 is 40.5. The van der Waals surface area contributed by atoms with Crippen LogP contribution in [0.2, 0.25) is 0 Å². The van der Waals surface area contributed by atoms with Gasteiger partial charge in [-0.2, -0.15) is 4.31 Å². The standard InChI is InChI=1S/C13H15ClFNO2S/c14-9-7-10-5-6-11(8-9)16(10)19(17,18)13-4-2-1-3-12(13)15/h1-4,9-11H,5-8H2. The maximum absolute atomic E-state index is 13.8. The fraction of sp³-hybridized carbons (Fsp3) is 0.538. The Labute approximate surface area is 117 Å². The molecule has 2 unspecified atom stereocenters. The van der Waals surface area contributed by atoms with E-state index in [-0.39, 0.29) is 22.4 Å². The van der Waals surface area contributed by atoms with Gasteiger partial charge in [-0.1, -0.05) is 12.1 Å². The Balaban J connectivity index is 2.01. The Morgan fingerprint density at radius 2 is 1.74 bits per heavy atom. The molecule has 0 aromatic heterocycles. The van der Waals surface area contributed by atoms with Crippen LogP contribution in [0.1, 0.15) is 25.7 Å². The van der Waals surface area contributed by atoms with Crippen molar-refractivity contribution in [3.8, 4) is 0 Å². The third kappa shape index (κ3) is 2.18. The average Bonchev–Trinajstić information content (AvgIpc) is 2.63. The minimum atomic E-state index is -3.75. The highest BCUT2D eigenvalue weighted by molar-refractivity contribution is 7.89. The van der Waals surface area contributed by atoms with Crippen molar-refractivity contribution < 1.29 is 12.8 Å². The first-order valence-electron chi connectivity index (χ1n) is 6.42. The number of rotatable bonds is 2. The zero-order chi connectivity index (χ0) is 13.6. The molecular formula is C13H15ClFNO2S. The second-order valence-corrected chi connectivity index (χ2v) is 7.65. The van der Waals surface area contributed by atoms with Crippen LogP contribution in [0.4, 0.5) is 4.39 Å². The molecule has 0 radical (unpaired) electrons. The summed E-state index contributed by atoms with van der Waals surface area (Å²) in [6.07, 6.45) is 2.96. The van der Waals surface area contributed by atoms with Crippen molar-refractivity contribution in [3.05, 3.63) is 30.1 Å². The first-order chi connectivity index (χ1) is 9.00. The quantitative estimate of drug-likeness (QED) is 0.788. The predicted molar refractivity (Wildman–Crippen MR) is 71.1 cm³/mol. The minimum absolute atomic E-state index is 0.0320. The van der Waals surface area contributed by atoms with Crippen molar-refractivity contribution in [1.29, 1.82) is 0 Å². The van der Waals surface area contributed by atoms with Crippen molar-refractivity contribution >= 4 is 21.6 Å². The van der Waals surface area contributed by atoms with Crippen LogP contribution in [0.15, 0.2) is 29.2 Å². The van der Waals surface area contributed by atoms with Gasteiger partial charge in [-0.25, -0.2) is 12.8 Å². The van der Waals surface area contributed by atoms with Gasteiger partial charge in [-0.15, -0.1) is 11.6 Å². The van der Waals surface area contributed by atoms with E-state index in [0.717, 1.165) is 12.8 Å². The van der Waals surface area contributed by atoms with Crippen molar-refractivity contribution in [2.24, 2.45) is 0 Å². The zero-order valence-corrected chi connectivity index (χ0v) is 11.9. The summed E-state index contributed by atoms with van der Waals surface area (Å²) in [6, 6.07) is 5.40. The zero-order valence-electron chi connectivity index (χ0n) is 10.3. The lowest BCUT2D eigenvalue weighted by Gasteiger charge is -2.35. The summed E-state index contributed by atoms with van der Waals surface area (Å²) in [5, 5.41) is 0.0320. The summed E-state index contributed by atoms with van der Waals surface area (Å²) in [7, 11) is -3.75. The molecule has 19 heavy (non-hydrogen) atoms. The van der Waals surface area contributed by atoms with E-state index in [4.69, 9.17) is 11.6 Å². The van der Waals surface area contributed by atoms with Crippen LogP contribution in [-0.2, 0) is 10.0 Å². The van der Waals surface area contributed by atoms with Gasteiger partial charge in [-0.05, 0) is 37.8 Å². The molecule has 1 aromatic rings. The number of hydrogen-bond acceptors (Lipinski definition) is 2. The third-order valence-electron chi connectivity index (χ3n) is 4.00. The normalized spacial score (nSPS) is 31.6. The summed E-state index contributed by atoms with van der Waals surface area (Å²) in [5.41, 5.74) is 0. The number of sulfonamides is 1. The molecule has 0 N–H and O–H groups in total. The van der Waals surface area contributed by atoms with Crippen LogP contribution >= 0.6 is 11.6 Å². The van der Waals surface area contributed by atoms with E-state index in [1.807, 2.05) is 0 Å². The predicted octanol–water partition coefficient (Wildman–Crippen LogP) is 2.75. The van der Waals surface area contributed by atoms with Gasteiger partial charge in [0.05, 0.1) is 0 Å². The summed E-state index contributed by atoms with van der Waals surface area (Å²) in [6.45, 7) is 0. The number of nitrogens with zero attached hydrogens (tertiary/aromatic N) is 1. The monoisotopic (exact) mass is 303 g/mol. The second kappa shape index (κ2) is 4.72. The summed E-state index contributed by atoms with van der Waals surface area (Å²) in [4.78, 5) is -0.222. The van der Waals surface area contributed by atoms with Gasteiger partial charge in [0.2, 0.25) is 10.0 Å². The Morgan fingerprint density at radius 3 is 2.32 bits per heavy atom. The van der Waals surface area contributed by atoms with Crippen LogP contribution in [0.3, 0.4) is 0 Å². The van der Waals surface area contributed by atoms with E-state index < -0.39 is 15.8 Å². The molecule has 2 aliphatic rings. The first kappa shape index (κ1) is 13.3. The molecule has 0 spiro atoms. The molecule has 2 bridgehead atoms. The molecule has 2 fully saturated rings. The van der Waals surface area contributed by atoms with Gasteiger partial charge < -0.3 is 0 Å². The largest absolute Gasteiger partial charge is 0.246 e. The highest BCUT2D eigenvalue weighted by atomic mass is 35.5. The van der Waals surface area contributed by atoms with Crippen molar-refractivity contribution in [3.63, 3.8) is 0 Å². The molecule has 0 amide bonds. The second-order valence-electron chi connectivity index (χ2n) is 5.22. The summed E-state index contributed by atoms with van der Waals surface area (Å²) >= 11 is 6.14. The number of fused-ring (bicyclic) bond motifs is 2. The van der Waals surface area contributed by atoms with Crippen LogP contribution in [0, 0.1) is 5.82 Å². The van der Waals surface area contributed by atoms with E-state index in [1.54, 1.807) is 6.07 Å². The van der Waals surface area contributed by atoms with Gasteiger partial charge in [-0.3, -0.25) is 0 Å². The SMILES string of the molecule is O=S(=O)(c1ccccc1F)N1C2CCC1CC(Cl)C2. The highest BCUT2D eigenvalue weighted by Gasteiger charge is 2.47. The van der Waals surface area contributed by atoms with Gasteiger partial charge in [0.1, 0.15) is 10.7 Å². The van der Waals surface area contributed by atoms with Crippen molar-refractivity contribution in [2.75, 3.05) is 0 Å². The maximum atomic E-state index is 13.8. The van der Waals surface area contributed by atoms with E-state index in [9.17, 15) is 12.8 Å².